The number of guanidine groups is 1. The van der Waals surface area contributed by atoms with Gasteiger partial charge in [0.2, 0.25) is 0 Å². The van der Waals surface area contributed by atoms with Gasteiger partial charge in [0.1, 0.15) is 5.82 Å². The van der Waals surface area contributed by atoms with Crippen molar-refractivity contribution in [2.75, 3.05) is 6.54 Å². The molecule has 0 amide bonds. The van der Waals surface area contributed by atoms with Crippen LogP contribution in [0.15, 0.2) is 29.3 Å². The first-order valence-corrected chi connectivity index (χ1v) is 4.99. The molecule has 1 heterocycles. The Morgan fingerprint density at radius 3 is 2.81 bits per heavy atom. The Labute approximate surface area is 100 Å². The third-order valence-corrected chi connectivity index (χ3v) is 2.66. The summed E-state index contributed by atoms with van der Waals surface area (Å²) in [7, 11) is 0. The Bertz CT molecular complexity index is 395. The standard InChI is InChI=1S/C11H14FN3.ClH/c1-7-6-14-11(13)15-10(7)8-4-2-3-5-9(8)12;/h2-5,7,10H,6H2,1H3,(H3,13,14,15);1H. The predicted octanol–water partition coefficient (Wildman–Crippen LogP) is 1.84. The lowest BCUT2D eigenvalue weighted by atomic mass is 9.93. The number of aliphatic imine (C=N–C) groups is 1. The van der Waals surface area contributed by atoms with Gasteiger partial charge in [0, 0.05) is 18.0 Å². The van der Waals surface area contributed by atoms with Crippen LogP contribution in [0.2, 0.25) is 0 Å². The molecular formula is C11H15ClFN3. The van der Waals surface area contributed by atoms with Crippen LogP contribution in [0.3, 0.4) is 0 Å². The lowest BCUT2D eigenvalue weighted by Crippen LogP contribution is -2.42. The Balaban J connectivity index is 0.00000128. The van der Waals surface area contributed by atoms with Crippen molar-refractivity contribution in [1.29, 1.82) is 0 Å². The number of hydrogen-bond acceptors (Lipinski definition) is 3. The molecule has 88 valence electrons. The van der Waals surface area contributed by atoms with E-state index in [1.54, 1.807) is 12.1 Å². The second kappa shape index (κ2) is 5.16. The fourth-order valence-electron chi connectivity index (χ4n) is 1.81. The van der Waals surface area contributed by atoms with Gasteiger partial charge < -0.3 is 11.1 Å². The van der Waals surface area contributed by atoms with Crippen molar-refractivity contribution in [1.82, 2.24) is 5.32 Å². The zero-order chi connectivity index (χ0) is 10.8. The van der Waals surface area contributed by atoms with E-state index in [4.69, 9.17) is 5.73 Å². The van der Waals surface area contributed by atoms with Crippen LogP contribution in [0.5, 0.6) is 0 Å². The highest BCUT2D eigenvalue weighted by Gasteiger charge is 2.25. The summed E-state index contributed by atoms with van der Waals surface area (Å²) in [6.07, 6.45) is 0. The van der Waals surface area contributed by atoms with Gasteiger partial charge >= 0.3 is 0 Å². The van der Waals surface area contributed by atoms with Gasteiger partial charge in [-0.15, -0.1) is 12.4 Å². The summed E-state index contributed by atoms with van der Waals surface area (Å²) in [5.41, 5.74) is 6.25. The molecule has 2 rings (SSSR count). The van der Waals surface area contributed by atoms with E-state index in [0.717, 1.165) is 0 Å². The first-order valence-electron chi connectivity index (χ1n) is 4.99. The van der Waals surface area contributed by atoms with E-state index in [1.165, 1.54) is 6.07 Å². The summed E-state index contributed by atoms with van der Waals surface area (Å²) in [6, 6.07) is 6.68. The Hall–Kier alpha value is -1.29. The van der Waals surface area contributed by atoms with Crippen LogP contribution in [0.4, 0.5) is 4.39 Å². The van der Waals surface area contributed by atoms with Crippen molar-refractivity contribution in [3.8, 4) is 0 Å². The lowest BCUT2D eigenvalue weighted by Gasteiger charge is -2.29. The fourth-order valence-corrected chi connectivity index (χ4v) is 1.81. The summed E-state index contributed by atoms with van der Waals surface area (Å²) in [5.74, 6) is 0.437. The number of nitrogens with two attached hydrogens (primary N) is 1. The van der Waals surface area contributed by atoms with Gasteiger partial charge in [0.25, 0.3) is 0 Å². The molecule has 0 saturated heterocycles. The van der Waals surface area contributed by atoms with Crippen molar-refractivity contribution >= 4 is 18.4 Å². The van der Waals surface area contributed by atoms with Gasteiger partial charge in [0.15, 0.2) is 5.96 Å². The maximum Gasteiger partial charge on any atom is 0.189 e. The number of nitrogens with one attached hydrogen (secondary N) is 1. The maximum absolute atomic E-state index is 13.6. The van der Waals surface area contributed by atoms with Gasteiger partial charge in [-0.1, -0.05) is 25.1 Å². The topological polar surface area (TPSA) is 50.4 Å². The quantitative estimate of drug-likeness (QED) is 0.791. The van der Waals surface area contributed by atoms with E-state index in [2.05, 4.69) is 10.3 Å². The van der Waals surface area contributed by atoms with E-state index >= 15 is 0 Å². The van der Waals surface area contributed by atoms with Crippen molar-refractivity contribution in [2.24, 2.45) is 16.6 Å². The Morgan fingerprint density at radius 2 is 2.12 bits per heavy atom. The molecule has 1 aromatic carbocycles. The fraction of sp³-hybridized carbons (Fsp3) is 0.364. The molecule has 3 nitrogen and oxygen atoms in total. The van der Waals surface area contributed by atoms with Gasteiger partial charge in [-0.05, 0) is 6.07 Å². The normalized spacial score (nSPS) is 24.0. The smallest absolute Gasteiger partial charge is 0.189 e. The van der Waals surface area contributed by atoms with Crippen LogP contribution < -0.4 is 11.1 Å². The zero-order valence-corrected chi connectivity index (χ0v) is 9.80. The van der Waals surface area contributed by atoms with Crippen molar-refractivity contribution in [2.45, 2.75) is 13.0 Å². The summed E-state index contributed by atoms with van der Waals surface area (Å²) >= 11 is 0. The monoisotopic (exact) mass is 243 g/mol. The van der Waals surface area contributed by atoms with Crippen molar-refractivity contribution < 1.29 is 4.39 Å². The minimum atomic E-state index is -0.198. The summed E-state index contributed by atoms with van der Waals surface area (Å²) in [6.45, 7) is 2.66. The molecule has 2 atom stereocenters. The average Bonchev–Trinajstić information content (AvgIpc) is 2.23. The highest BCUT2D eigenvalue weighted by Crippen LogP contribution is 2.26. The van der Waals surface area contributed by atoms with E-state index in [-0.39, 0.29) is 30.2 Å². The second-order valence-corrected chi connectivity index (χ2v) is 3.85. The third kappa shape index (κ3) is 2.44. The third-order valence-electron chi connectivity index (χ3n) is 2.66. The van der Waals surface area contributed by atoms with Crippen LogP contribution in [0.1, 0.15) is 18.5 Å². The maximum atomic E-state index is 13.6. The summed E-state index contributed by atoms with van der Waals surface area (Å²) in [5, 5.41) is 3.01. The number of rotatable bonds is 1. The number of hydrogen-bond donors (Lipinski definition) is 2. The molecule has 1 aliphatic rings. The molecule has 0 fully saturated rings. The Morgan fingerprint density at radius 1 is 1.44 bits per heavy atom. The Kier molecular flexibility index (Phi) is 4.12. The molecule has 5 heteroatoms. The molecule has 3 N–H and O–H groups in total. The van der Waals surface area contributed by atoms with Gasteiger partial charge in [-0.3, -0.25) is 4.99 Å². The molecule has 16 heavy (non-hydrogen) atoms. The summed E-state index contributed by atoms with van der Waals surface area (Å²) in [4.78, 5) is 4.08. The molecule has 1 aromatic rings. The largest absolute Gasteiger partial charge is 0.370 e. The minimum Gasteiger partial charge on any atom is -0.370 e. The van der Waals surface area contributed by atoms with Gasteiger partial charge in [-0.25, -0.2) is 4.39 Å². The minimum absolute atomic E-state index is 0. The van der Waals surface area contributed by atoms with Crippen molar-refractivity contribution in [3.05, 3.63) is 35.6 Å². The van der Waals surface area contributed by atoms with E-state index < -0.39 is 0 Å². The van der Waals surface area contributed by atoms with E-state index in [9.17, 15) is 4.39 Å². The van der Waals surface area contributed by atoms with Gasteiger partial charge in [0.05, 0.1) is 6.04 Å². The lowest BCUT2D eigenvalue weighted by molar-refractivity contribution is 0.408. The number of halogens is 2. The number of benzene rings is 1. The molecule has 1 aliphatic heterocycles. The molecule has 2 unspecified atom stereocenters. The average molecular weight is 244 g/mol. The second-order valence-electron chi connectivity index (χ2n) is 3.85. The van der Waals surface area contributed by atoms with Crippen LogP contribution in [0.25, 0.3) is 0 Å². The van der Waals surface area contributed by atoms with Gasteiger partial charge in [-0.2, -0.15) is 0 Å². The highest BCUT2D eigenvalue weighted by atomic mass is 35.5. The molecule has 0 aliphatic carbocycles. The molecule has 0 spiro atoms. The van der Waals surface area contributed by atoms with Crippen LogP contribution >= 0.6 is 12.4 Å². The van der Waals surface area contributed by atoms with Crippen molar-refractivity contribution in [3.63, 3.8) is 0 Å². The SMILES string of the molecule is CC1CN=C(N)NC1c1ccccc1F.Cl. The molecule has 0 bridgehead atoms. The zero-order valence-electron chi connectivity index (χ0n) is 8.98. The highest BCUT2D eigenvalue weighted by molar-refractivity contribution is 5.85. The molecule has 0 saturated carbocycles. The van der Waals surface area contributed by atoms with E-state index in [0.29, 0.717) is 18.1 Å². The number of nitrogens with zero attached hydrogens (tertiary/aromatic N) is 1. The first-order chi connectivity index (χ1) is 7.18. The van der Waals surface area contributed by atoms with Crippen LogP contribution in [0, 0.1) is 11.7 Å². The summed E-state index contributed by atoms with van der Waals surface area (Å²) < 4.78 is 13.6. The molecule has 0 radical (unpaired) electrons. The molecule has 0 aromatic heterocycles. The van der Waals surface area contributed by atoms with Crippen LogP contribution in [-0.4, -0.2) is 12.5 Å². The first kappa shape index (κ1) is 12.8. The van der Waals surface area contributed by atoms with E-state index in [1.807, 2.05) is 13.0 Å². The predicted molar refractivity (Wildman–Crippen MR) is 65.2 cm³/mol. The van der Waals surface area contributed by atoms with Crippen LogP contribution in [-0.2, 0) is 0 Å². The molecular weight excluding hydrogens is 229 g/mol.